The Morgan fingerprint density at radius 1 is 1.39 bits per heavy atom. The van der Waals surface area contributed by atoms with Crippen LogP contribution in [0.4, 0.5) is 15.8 Å². The molecule has 0 saturated carbocycles. The molecule has 0 aliphatic carbocycles. The highest BCUT2D eigenvalue weighted by Crippen LogP contribution is 2.28. The summed E-state index contributed by atoms with van der Waals surface area (Å²) in [5.41, 5.74) is 4.45. The van der Waals surface area contributed by atoms with Crippen LogP contribution < -0.4 is 10.6 Å². The summed E-state index contributed by atoms with van der Waals surface area (Å²) in [6.07, 6.45) is 0. The maximum Gasteiger partial charge on any atom is 0.340 e. The molecule has 1 aromatic carbocycles. The highest BCUT2D eigenvalue weighted by Gasteiger charge is 2.21. The highest BCUT2D eigenvalue weighted by atomic mass is 19.1. The highest BCUT2D eigenvalue weighted by molar-refractivity contribution is 6.00. The minimum Gasteiger partial charge on any atom is -0.478 e. The van der Waals surface area contributed by atoms with Crippen molar-refractivity contribution in [3.05, 3.63) is 23.5 Å². The largest absolute Gasteiger partial charge is 0.478 e. The molecule has 3 N–H and O–H groups in total. The third kappa shape index (κ3) is 2.47. The average Bonchev–Trinajstić information content (AvgIpc) is 2.31. The van der Waals surface area contributed by atoms with Crippen LogP contribution >= 0.6 is 0 Å². The number of carbonyl (C=O) groups is 1. The molecule has 0 spiro atoms. The number of nitrogen functional groups attached to an aromatic ring is 1. The molecule has 92 valence electrons. The van der Waals surface area contributed by atoms with E-state index in [1.54, 1.807) is 12.1 Å². The first-order chi connectivity index (χ1) is 8.52. The van der Waals surface area contributed by atoms with E-state index < -0.39 is 23.0 Å². The molecule has 0 fully saturated rings. The van der Waals surface area contributed by atoms with Crippen molar-refractivity contribution in [2.24, 2.45) is 0 Å². The number of anilines is 2. The minimum atomic E-state index is -1.41. The molecule has 0 unspecified atom stereocenters. The predicted molar refractivity (Wildman–Crippen MR) is 61.2 cm³/mol. The first kappa shape index (κ1) is 13.3. The van der Waals surface area contributed by atoms with Crippen LogP contribution in [0, 0.1) is 28.5 Å². The molecule has 1 aromatic rings. The Morgan fingerprint density at radius 3 is 2.39 bits per heavy atom. The van der Waals surface area contributed by atoms with E-state index in [1.807, 2.05) is 0 Å². The van der Waals surface area contributed by atoms with Crippen molar-refractivity contribution in [1.82, 2.24) is 0 Å². The van der Waals surface area contributed by atoms with E-state index in [-0.39, 0.29) is 18.8 Å². The first-order valence-electron chi connectivity index (χ1n) is 4.83. The summed E-state index contributed by atoms with van der Waals surface area (Å²) < 4.78 is 13.2. The molecule has 0 atom stereocenters. The molecular weight excluding hydrogens is 239 g/mol. The fourth-order valence-electron chi connectivity index (χ4n) is 1.47. The molecule has 7 heteroatoms. The summed E-state index contributed by atoms with van der Waals surface area (Å²) in [5, 5.41) is 26.3. The van der Waals surface area contributed by atoms with E-state index in [4.69, 9.17) is 21.4 Å². The van der Waals surface area contributed by atoms with Gasteiger partial charge in [0.1, 0.15) is 24.5 Å². The quantitative estimate of drug-likeness (QED) is 0.605. The molecule has 0 aliphatic heterocycles. The predicted octanol–water partition coefficient (Wildman–Crippen LogP) is 0.960. The topological polar surface area (TPSA) is 114 Å². The molecule has 18 heavy (non-hydrogen) atoms. The van der Waals surface area contributed by atoms with Crippen LogP contribution in [0.3, 0.4) is 0 Å². The lowest BCUT2D eigenvalue weighted by molar-refractivity contribution is 0.0698. The molecule has 6 nitrogen and oxygen atoms in total. The van der Waals surface area contributed by atoms with E-state index in [1.165, 1.54) is 11.0 Å². The molecular formula is C11H9FN4O2. The summed E-state index contributed by atoms with van der Waals surface area (Å²) in [4.78, 5) is 12.3. The van der Waals surface area contributed by atoms with Crippen LogP contribution in [0.1, 0.15) is 10.4 Å². The molecule has 1 rings (SSSR count). The van der Waals surface area contributed by atoms with Gasteiger partial charge in [0, 0.05) is 0 Å². The third-order valence-corrected chi connectivity index (χ3v) is 2.25. The number of halogens is 1. The summed E-state index contributed by atoms with van der Waals surface area (Å²) >= 11 is 0. The van der Waals surface area contributed by atoms with Crippen molar-refractivity contribution >= 4 is 17.3 Å². The van der Waals surface area contributed by atoms with E-state index in [0.29, 0.717) is 0 Å². The van der Waals surface area contributed by atoms with Gasteiger partial charge < -0.3 is 15.7 Å². The molecule has 0 bridgehead atoms. The van der Waals surface area contributed by atoms with Gasteiger partial charge in [-0.1, -0.05) is 0 Å². The second kappa shape index (κ2) is 5.51. The van der Waals surface area contributed by atoms with E-state index in [2.05, 4.69) is 0 Å². The molecule has 0 saturated heterocycles. The monoisotopic (exact) mass is 248 g/mol. The van der Waals surface area contributed by atoms with Gasteiger partial charge >= 0.3 is 5.97 Å². The molecule has 0 aromatic heterocycles. The van der Waals surface area contributed by atoms with Crippen LogP contribution in [0.15, 0.2) is 12.1 Å². The second-order valence-corrected chi connectivity index (χ2v) is 3.33. The summed E-state index contributed by atoms with van der Waals surface area (Å²) in [7, 11) is 0. The van der Waals surface area contributed by atoms with Crippen LogP contribution in [-0.2, 0) is 0 Å². The molecule has 0 amide bonds. The second-order valence-electron chi connectivity index (χ2n) is 3.33. The summed E-state index contributed by atoms with van der Waals surface area (Å²) in [6.45, 7) is -0.391. The Kier molecular flexibility index (Phi) is 4.06. The van der Waals surface area contributed by atoms with Crippen molar-refractivity contribution in [3.63, 3.8) is 0 Å². The zero-order valence-corrected chi connectivity index (χ0v) is 9.22. The number of nitrogens with two attached hydrogens (primary N) is 1. The summed E-state index contributed by atoms with van der Waals surface area (Å²) in [5.74, 6) is -2.27. The number of nitrogens with zero attached hydrogens (tertiary/aromatic N) is 3. The normalized spacial score (nSPS) is 9.28. The Hall–Kier alpha value is -2.80. The summed E-state index contributed by atoms with van der Waals surface area (Å²) in [6, 6.07) is 5.78. The van der Waals surface area contributed by atoms with Crippen LogP contribution in [0.5, 0.6) is 0 Å². The number of carboxylic acids is 1. The van der Waals surface area contributed by atoms with Gasteiger partial charge in [0.15, 0.2) is 0 Å². The number of hydrogen-bond acceptors (Lipinski definition) is 5. The SMILES string of the molecule is N#CCN(CC#N)c1ccc(F)c(N)c1C(=O)O. The number of rotatable bonds is 4. The maximum atomic E-state index is 13.2. The Labute approximate surface area is 102 Å². The van der Waals surface area contributed by atoms with E-state index >= 15 is 0 Å². The maximum absolute atomic E-state index is 13.2. The fraction of sp³-hybridized carbons (Fsp3) is 0.182. The lowest BCUT2D eigenvalue weighted by Crippen LogP contribution is -2.26. The zero-order valence-electron chi connectivity index (χ0n) is 9.22. The number of aromatic carboxylic acids is 1. The first-order valence-corrected chi connectivity index (χ1v) is 4.83. The standard InChI is InChI=1S/C11H9FN4O2/c12-7-1-2-8(9(10(7)15)11(17)18)16(5-3-13)6-4-14/h1-2H,5-6,15H2,(H,17,18). The Balaban J connectivity index is 3.39. The number of hydrogen-bond donors (Lipinski definition) is 2. The molecule has 0 radical (unpaired) electrons. The van der Waals surface area contributed by atoms with Crippen LogP contribution in [-0.4, -0.2) is 24.2 Å². The average molecular weight is 248 g/mol. The molecule has 0 heterocycles. The van der Waals surface area contributed by atoms with Crippen LogP contribution in [0.2, 0.25) is 0 Å². The number of nitriles is 2. The van der Waals surface area contributed by atoms with Gasteiger partial charge in [-0.2, -0.15) is 10.5 Å². The van der Waals surface area contributed by atoms with E-state index in [0.717, 1.165) is 6.07 Å². The Bertz CT molecular complexity index is 543. The van der Waals surface area contributed by atoms with Gasteiger partial charge in [0.2, 0.25) is 0 Å². The minimum absolute atomic E-state index is 0.0458. The van der Waals surface area contributed by atoms with Crippen molar-refractivity contribution in [2.45, 2.75) is 0 Å². The van der Waals surface area contributed by atoms with Crippen LogP contribution in [0.25, 0.3) is 0 Å². The van der Waals surface area contributed by atoms with Crippen molar-refractivity contribution < 1.29 is 14.3 Å². The van der Waals surface area contributed by atoms with Gasteiger partial charge in [-0.3, -0.25) is 0 Å². The van der Waals surface area contributed by atoms with Crippen molar-refractivity contribution in [2.75, 3.05) is 23.7 Å². The van der Waals surface area contributed by atoms with Gasteiger partial charge in [0.25, 0.3) is 0 Å². The fourth-order valence-corrected chi connectivity index (χ4v) is 1.47. The van der Waals surface area contributed by atoms with Gasteiger partial charge in [-0.15, -0.1) is 0 Å². The lowest BCUT2D eigenvalue weighted by Gasteiger charge is -2.21. The number of benzene rings is 1. The Morgan fingerprint density at radius 2 is 1.94 bits per heavy atom. The van der Waals surface area contributed by atoms with Gasteiger partial charge in [-0.05, 0) is 12.1 Å². The smallest absolute Gasteiger partial charge is 0.340 e. The van der Waals surface area contributed by atoms with Gasteiger partial charge in [-0.25, -0.2) is 9.18 Å². The lowest BCUT2D eigenvalue weighted by atomic mass is 10.1. The number of carboxylic acid groups (broad SMARTS) is 1. The third-order valence-electron chi connectivity index (χ3n) is 2.25. The van der Waals surface area contributed by atoms with Crippen molar-refractivity contribution in [3.8, 4) is 12.1 Å². The van der Waals surface area contributed by atoms with Gasteiger partial charge in [0.05, 0.1) is 23.5 Å². The van der Waals surface area contributed by atoms with Crippen molar-refractivity contribution in [1.29, 1.82) is 10.5 Å². The molecule has 0 aliphatic rings. The zero-order chi connectivity index (χ0) is 13.7. The van der Waals surface area contributed by atoms with E-state index in [9.17, 15) is 9.18 Å².